The molecule has 0 aliphatic rings. The van der Waals surface area contributed by atoms with E-state index in [0.717, 1.165) is 0 Å². The van der Waals surface area contributed by atoms with Gasteiger partial charge in [-0.15, -0.1) is 5.10 Å². The Kier molecular flexibility index (Phi) is 4.46. The van der Waals surface area contributed by atoms with Crippen molar-refractivity contribution in [2.24, 2.45) is 0 Å². The molecule has 6 nitrogen and oxygen atoms in total. The largest absolute Gasteiger partial charge is 0.433 e. The Hall–Kier alpha value is -2.22. The summed E-state index contributed by atoms with van der Waals surface area (Å²) in [5.41, 5.74) is 0.320. The number of nitrogens with one attached hydrogen (secondary N) is 2. The zero-order valence-electron chi connectivity index (χ0n) is 10.9. The van der Waals surface area contributed by atoms with E-state index in [1.165, 1.54) is 6.07 Å². The van der Waals surface area contributed by atoms with Crippen LogP contribution in [0.2, 0.25) is 0 Å². The molecular formula is C12H14F2N4O2. The molecule has 108 valence electrons. The number of nitrogens with zero attached hydrogens (tertiary/aromatic N) is 2. The van der Waals surface area contributed by atoms with Gasteiger partial charge in [-0.2, -0.15) is 8.78 Å². The number of hydrogen-bond acceptors (Lipinski definition) is 6. The van der Waals surface area contributed by atoms with E-state index in [1.807, 2.05) is 6.92 Å². The number of alkyl halides is 2. The van der Waals surface area contributed by atoms with Crippen molar-refractivity contribution >= 4 is 11.7 Å². The van der Waals surface area contributed by atoms with Crippen LogP contribution in [0.15, 0.2) is 28.7 Å². The maximum Gasteiger partial charge on any atom is 0.387 e. The highest BCUT2D eigenvalue weighted by Gasteiger charge is 2.14. The Labute approximate surface area is 114 Å². The number of aromatic nitrogens is 2. The fourth-order valence-corrected chi connectivity index (χ4v) is 1.47. The molecule has 1 aromatic heterocycles. The minimum absolute atomic E-state index is 0.00362. The van der Waals surface area contributed by atoms with Gasteiger partial charge in [-0.05, 0) is 26.1 Å². The van der Waals surface area contributed by atoms with E-state index in [0.29, 0.717) is 11.6 Å². The average Bonchev–Trinajstić information content (AvgIpc) is 2.88. The monoisotopic (exact) mass is 284 g/mol. The lowest BCUT2D eigenvalue weighted by Crippen LogP contribution is -2.12. The van der Waals surface area contributed by atoms with Crippen molar-refractivity contribution < 1.29 is 17.9 Å². The van der Waals surface area contributed by atoms with Gasteiger partial charge in [0.05, 0.1) is 11.7 Å². The van der Waals surface area contributed by atoms with E-state index >= 15 is 0 Å². The molecule has 0 bridgehead atoms. The van der Waals surface area contributed by atoms with Crippen LogP contribution in [0.25, 0.3) is 0 Å². The summed E-state index contributed by atoms with van der Waals surface area (Å²) in [6, 6.07) is 6.25. The van der Waals surface area contributed by atoms with Gasteiger partial charge in [0.1, 0.15) is 5.75 Å². The molecule has 20 heavy (non-hydrogen) atoms. The van der Waals surface area contributed by atoms with Gasteiger partial charge in [-0.3, -0.25) is 0 Å². The third kappa shape index (κ3) is 3.41. The van der Waals surface area contributed by atoms with E-state index in [4.69, 9.17) is 4.42 Å². The van der Waals surface area contributed by atoms with Crippen LogP contribution in [0.3, 0.4) is 0 Å². The van der Waals surface area contributed by atoms with Crippen LogP contribution < -0.4 is 15.4 Å². The number of anilines is 2. The Morgan fingerprint density at radius 2 is 2.00 bits per heavy atom. The topological polar surface area (TPSA) is 72.2 Å². The van der Waals surface area contributed by atoms with Gasteiger partial charge >= 0.3 is 12.6 Å². The maximum absolute atomic E-state index is 12.3. The minimum Gasteiger partial charge on any atom is -0.433 e. The molecule has 0 aliphatic carbocycles. The van der Waals surface area contributed by atoms with Crippen molar-refractivity contribution in [2.45, 2.75) is 19.6 Å². The first-order chi connectivity index (χ1) is 9.60. The number of halogens is 2. The first kappa shape index (κ1) is 14.2. The summed E-state index contributed by atoms with van der Waals surface area (Å²) in [4.78, 5) is 0. The second-order valence-electron chi connectivity index (χ2n) is 3.96. The standard InChI is InChI=1S/C12H14F2N4O2/c1-7(15-2)10-17-18-12(20-10)16-8-5-3-4-6-9(8)19-11(13)14/h3-7,11,15H,1-2H3,(H,16,18). The zero-order valence-corrected chi connectivity index (χ0v) is 10.9. The number of ether oxygens (including phenoxy) is 1. The lowest BCUT2D eigenvalue weighted by atomic mass is 10.3. The molecule has 0 aliphatic heterocycles. The molecule has 0 amide bonds. The summed E-state index contributed by atoms with van der Waals surface area (Å²) in [5.74, 6) is 0.395. The molecule has 8 heteroatoms. The number of rotatable bonds is 6. The molecule has 0 saturated heterocycles. The summed E-state index contributed by atoms with van der Waals surface area (Å²) >= 11 is 0. The Morgan fingerprint density at radius 1 is 1.25 bits per heavy atom. The molecule has 1 aromatic carbocycles. The lowest BCUT2D eigenvalue weighted by Gasteiger charge is -2.09. The van der Waals surface area contributed by atoms with Crippen LogP contribution in [0.4, 0.5) is 20.5 Å². The van der Waals surface area contributed by atoms with E-state index in [-0.39, 0.29) is 17.8 Å². The second-order valence-corrected chi connectivity index (χ2v) is 3.96. The van der Waals surface area contributed by atoms with Gasteiger partial charge in [-0.25, -0.2) is 0 Å². The van der Waals surface area contributed by atoms with Crippen molar-refractivity contribution in [3.05, 3.63) is 30.2 Å². The molecular weight excluding hydrogens is 270 g/mol. The van der Waals surface area contributed by atoms with Gasteiger partial charge in [0.2, 0.25) is 5.89 Å². The SMILES string of the molecule is CNC(C)c1nnc(Nc2ccccc2OC(F)F)o1. The van der Waals surface area contributed by atoms with E-state index in [9.17, 15) is 8.78 Å². The predicted octanol–water partition coefficient (Wildman–Crippen LogP) is 2.70. The normalized spacial score (nSPS) is 12.4. The molecule has 1 heterocycles. The van der Waals surface area contributed by atoms with Crippen molar-refractivity contribution in [1.29, 1.82) is 0 Å². The highest BCUT2D eigenvalue weighted by Crippen LogP contribution is 2.28. The fourth-order valence-electron chi connectivity index (χ4n) is 1.47. The molecule has 1 unspecified atom stereocenters. The van der Waals surface area contributed by atoms with E-state index < -0.39 is 6.61 Å². The lowest BCUT2D eigenvalue weighted by molar-refractivity contribution is -0.0493. The first-order valence-electron chi connectivity index (χ1n) is 5.91. The van der Waals surface area contributed by atoms with Crippen molar-refractivity contribution in [2.75, 3.05) is 12.4 Å². The fraction of sp³-hybridized carbons (Fsp3) is 0.333. The Morgan fingerprint density at radius 3 is 2.70 bits per heavy atom. The van der Waals surface area contributed by atoms with E-state index in [1.54, 1.807) is 25.2 Å². The van der Waals surface area contributed by atoms with Gasteiger partial charge in [0, 0.05) is 0 Å². The molecule has 0 fully saturated rings. The highest BCUT2D eigenvalue weighted by atomic mass is 19.3. The minimum atomic E-state index is -2.90. The zero-order chi connectivity index (χ0) is 14.5. The highest BCUT2D eigenvalue weighted by molar-refractivity contribution is 5.61. The summed E-state index contributed by atoms with van der Waals surface area (Å²) in [5, 5.41) is 13.3. The second kappa shape index (κ2) is 6.29. The first-order valence-corrected chi connectivity index (χ1v) is 5.91. The number of benzene rings is 1. The summed E-state index contributed by atoms with van der Waals surface area (Å²) in [7, 11) is 1.76. The molecule has 1 atom stereocenters. The van der Waals surface area contributed by atoms with Gasteiger partial charge in [-0.1, -0.05) is 17.2 Å². The summed E-state index contributed by atoms with van der Waals surface area (Å²) in [6.45, 7) is -1.05. The quantitative estimate of drug-likeness (QED) is 0.849. The van der Waals surface area contributed by atoms with Crippen LogP contribution in [0.5, 0.6) is 5.75 Å². The predicted molar refractivity (Wildman–Crippen MR) is 68.1 cm³/mol. The van der Waals surface area contributed by atoms with Crippen LogP contribution in [-0.2, 0) is 0 Å². The molecule has 0 spiro atoms. The average molecular weight is 284 g/mol. The van der Waals surface area contributed by atoms with Crippen molar-refractivity contribution in [1.82, 2.24) is 15.5 Å². The van der Waals surface area contributed by atoms with Crippen LogP contribution in [0, 0.1) is 0 Å². The molecule has 2 rings (SSSR count). The molecule has 2 N–H and O–H groups in total. The number of hydrogen-bond donors (Lipinski definition) is 2. The maximum atomic E-state index is 12.3. The Balaban J connectivity index is 2.15. The van der Waals surface area contributed by atoms with Crippen molar-refractivity contribution in [3.8, 4) is 5.75 Å². The van der Waals surface area contributed by atoms with Gasteiger partial charge < -0.3 is 19.8 Å². The third-order valence-corrected chi connectivity index (χ3v) is 2.59. The van der Waals surface area contributed by atoms with Crippen molar-refractivity contribution in [3.63, 3.8) is 0 Å². The summed E-state index contributed by atoms with van der Waals surface area (Å²) in [6.07, 6.45) is 0. The molecule has 0 radical (unpaired) electrons. The smallest absolute Gasteiger partial charge is 0.387 e. The van der Waals surface area contributed by atoms with E-state index in [2.05, 4.69) is 25.6 Å². The summed E-state index contributed by atoms with van der Waals surface area (Å²) < 4.78 is 34.3. The van der Waals surface area contributed by atoms with Gasteiger partial charge in [0.25, 0.3) is 0 Å². The molecule has 2 aromatic rings. The van der Waals surface area contributed by atoms with Crippen LogP contribution in [-0.4, -0.2) is 23.9 Å². The molecule has 0 saturated carbocycles. The Bertz CT molecular complexity index is 562. The van der Waals surface area contributed by atoms with Crippen LogP contribution in [0.1, 0.15) is 18.9 Å². The number of para-hydroxylation sites is 2. The van der Waals surface area contributed by atoms with Gasteiger partial charge in [0.15, 0.2) is 0 Å². The third-order valence-electron chi connectivity index (χ3n) is 2.59. The van der Waals surface area contributed by atoms with Crippen LogP contribution >= 0.6 is 0 Å².